The highest BCUT2D eigenvalue weighted by Crippen LogP contribution is 2.21. The summed E-state index contributed by atoms with van der Waals surface area (Å²) in [6.45, 7) is 0. The molecular weight excluding hydrogens is 294 g/mol. The molecule has 2 aromatic heterocycles. The first-order valence-electron chi connectivity index (χ1n) is 5.93. The van der Waals surface area contributed by atoms with Crippen LogP contribution in [0.2, 0.25) is 0 Å². The van der Waals surface area contributed by atoms with E-state index >= 15 is 0 Å². The number of aromatic carboxylic acids is 1. The van der Waals surface area contributed by atoms with Crippen LogP contribution >= 0.6 is 11.8 Å². The standard InChI is InChI=1S/C13H9N3O4S/c17-12-8-3-1-2-4-9(8)14-15-16(12)7-21-11-6-5-10(20-11)13(18)19/h1-6H,7H2,(H,18,19). The van der Waals surface area contributed by atoms with Crippen molar-refractivity contribution in [3.05, 3.63) is 52.5 Å². The molecule has 3 rings (SSSR count). The van der Waals surface area contributed by atoms with Crippen LogP contribution in [0.1, 0.15) is 10.6 Å². The van der Waals surface area contributed by atoms with Gasteiger partial charge in [0.1, 0.15) is 5.52 Å². The summed E-state index contributed by atoms with van der Waals surface area (Å²) in [5, 5.41) is 17.4. The molecule has 0 aliphatic carbocycles. The highest BCUT2D eigenvalue weighted by Gasteiger charge is 2.10. The Morgan fingerprint density at radius 1 is 1.29 bits per heavy atom. The van der Waals surface area contributed by atoms with Gasteiger partial charge >= 0.3 is 5.97 Å². The van der Waals surface area contributed by atoms with Gasteiger partial charge in [-0.1, -0.05) is 29.1 Å². The molecule has 21 heavy (non-hydrogen) atoms. The topological polar surface area (TPSA) is 98.2 Å². The molecule has 0 spiro atoms. The minimum absolute atomic E-state index is 0.144. The second-order valence-electron chi connectivity index (χ2n) is 4.11. The van der Waals surface area contributed by atoms with Crippen molar-refractivity contribution in [1.29, 1.82) is 0 Å². The number of aromatic nitrogens is 3. The number of rotatable bonds is 4. The zero-order valence-electron chi connectivity index (χ0n) is 10.6. The molecule has 0 unspecified atom stereocenters. The number of carboxylic acid groups (broad SMARTS) is 1. The average molecular weight is 303 g/mol. The Morgan fingerprint density at radius 3 is 2.86 bits per heavy atom. The minimum atomic E-state index is -1.13. The van der Waals surface area contributed by atoms with Gasteiger partial charge in [0.25, 0.3) is 5.56 Å². The molecule has 7 nitrogen and oxygen atoms in total. The summed E-state index contributed by atoms with van der Waals surface area (Å²) < 4.78 is 6.30. The van der Waals surface area contributed by atoms with Crippen molar-refractivity contribution in [3.8, 4) is 0 Å². The quantitative estimate of drug-likeness (QED) is 0.734. The minimum Gasteiger partial charge on any atom is -0.475 e. The molecular formula is C13H9N3O4S. The molecule has 0 fully saturated rings. The lowest BCUT2D eigenvalue weighted by atomic mass is 10.2. The van der Waals surface area contributed by atoms with Gasteiger partial charge in [0.15, 0.2) is 5.09 Å². The summed E-state index contributed by atoms with van der Waals surface area (Å²) in [4.78, 5) is 22.9. The van der Waals surface area contributed by atoms with Crippen LogP contribution in [0.25, 0.3) is 10.9 Å². The summed E-state index contributed by atoms with van der Waals surface area (Å²) in [7, 11) is 0. The molecule has 8 heteroatoms. The van der Waals surface area contributed by atoms with Crippen LogP contribution < -0.4 is 5.56 Å². The van der Waals surface area contributed by atoms with Crippen LogP contribution in [0.15, 0.2) is 50.7 Å². The number of hydrogen-bond donors (Lipinski definition) is 1. The number of benzene rings is 1. The van der Waals surface area contributed by atoms with Crippen molar-refractivity contribution in [2.45, 2.75) is 11.0 Å². The van der Waals surface area contributed by atoms with Crippen LogP contribution in [-0.2, 0) is 5.88 Å². The molecule has 0 bridgehead atoms. The lowest BCUT2D eigenvalue weighted by Gasteiger charge is -2.02. The number of thioether (sulfide) groups is 1. The smallest absolute Gasteiger partial charge is 0.371 e. The van der Waals surface area contributed by atoms with Crippen molar-refractivity contribution in [2.75, 3.05) is 0 Å². The molecule has 106 valence electrons. The number of hydrogen-bond acceptors (Lipinski definition) is 6. The monoisotopic (exact) mass is 303 g/mol. The van der Waals surface area contributed by atoms with Crippen molar-refractivity contribution in [3.63, 3.8) is 0 Å². The lowest BCUT2D eigenvalue weighted by Crippen LogP contribution is -2.23. The fourth-order valence-corrected chi connectivity index (χ4v) is 2.48. The van der Waals surface area contributed by atoms with E-state index in [0.717, 1.165) is 11.8 Å². The Balaban J connectivity index is 1.83. The van der Waals surface area contributed by atoms with E-state index in [1.807, 2.05) is 0 Å². The second kappa shape index (κ2) is 5.41. The molecule has 3 aromatic rings. The van der Waals surface area contributed by atoms with Crippen molar-refractivity contribution in [1.82, 2.24) is 15.0 Å². The van der Waals surface area contributed by atoms with E-state index in [-0.39, 0.29) is 17.2 Å². The van der Waals surface area contributed by atoms with E-state index in [9.17, 15) is 9.59 Å². The van der Waals surface area contributed by atoms with Gasteiger partial charge in [0.05, 0.1) is 11.3 Å². The Kier molecular flexibility index (Phi) is 3.44. The van der Waals surface area contributed by atoms with Crippen LogP contribution in [0.3, 0.4) is 0 Å². The van der Waals surface area contributed by atoms with Crippen molar-refractivity contribution >= 4 is 28.6 Å². The van der Waals surface area contributed by atoms with Crippen molar-refractivity contribution in [2.24, 2.45) is 0 Å². The zero-order valence-corrected chi connectivity index (χ0v) is 11.4. The zero-order chi connectivity index (χ0) is 14.8. The van der Waals surface area contributed by atoms with E-state index < -0.39 is 5.97 Å². The number of nitrogens with zero attached hydrogens (tertiary/aromatic N) is 3. The largest absolute Gasteiger partial charge is 0.475 e. The highest BCUT2D eigenvalue weighted by atomic mass is 32.2. The summed E-state index contributed by atoms with van der Waals surface area (Å²) >= 11 is 1.16. The van der Waals surface area contributed by atoms with Gasteiger partial charge < -0.3 is 9.52 Å². The first-order valence-corrected chi connectivity index (χ1v) is 6.92. The summed E-state index contributed by atoms with van der Waals surface area (Å²) in [6, 6.07) is 9.84. The maximum absolute atomic E-state index is 12.2. The predicted molar refractivity (Wildman–Crippen MR) is 75.3 cm³/mol. The molecule has 0 amide bonds. The Hall–Kier alpha value is -2.61. The van der Waals surface area contributed by atoms with Gasteiger partial charge in [-0.25, -0.2) is 4.79 Å². The Bertz CT molecular complexity index is 871. The molecule has 2 heterocycles. The number of carbonyl (C=O) groups is 1. The van der Waals surface area contributed by atoms with E-state index in [2.05, 4.69) is 10.3 Å². The summed E-state index contributed by atoms with van der Waals surface area (Å²) in [5.41, 5.74) is 0.285. The molecule has 0 radical (unpaired) electrons. The maximum Gasteiger partial charge on any atom is 0.371 e. The Labute approximate surface area is 122 Å². The SMILES string of the molecule is O=C(O)c1ccc(SCn2nnc3ccccc3c2=O)o1. The third-order valence-corrected chi connectivity index (χ3v) is 3.63. The first-order chi connectivity index (χ1) is 10.1. The summed E-state index contributed by atoms with van der Waals surface area (Å²) in [5.74, 6) is -1.09. The van der Waals surface area contributed by atoms with E-state index in [1.54, 1.807) is 24.3 Å². The van der Waals surface area contributed by atoms with Gasteiger partial charge in [-0.15, -0.1) is 5.10 Å². The predicted octanol–water partition coefficient (Wildman–Crippen LogP) is 1.83. The van der Waals surface area contributed by atoms with E-state index in [4.69, 9.17) is 9.52 Å². The van der Waals surface area contributed by atoms with Gasteiger partial charge in [0.2, 0.25) is 5.76 Å². The van der Waals surface area contributed by atoms with Gasteiger partial charge in [-0.2, -0.15) is 4.68 Å². The molecule has 0 saturated carbocycles. The van der Waals surface area contributed by atoms with Crippen LogP contribution in [0.5, 0.6) is 0 Å². The van der Waals surface area contributed by atoms with E-state index in [1.165, 1.54) is 16.8 Å². The molecule has 0 atom stereocenters. The fourth-order valence-electron chi connectivity index (χ4n) is 1.75. The third-order valence-electron chi connectivity index (χ3n) is 2.75. The van der Waals surface area contributed by atoms with Gasteiger partial charge in [-0.3, -0.25) is 4.79 Å². The maximum atomic E-state index is 12.2. The molecule has 1 N–H and O–H groups in total. The van der Waals surface area contributed by atoms with E-state index in [0.29, 0.717) is 16.0 Å². The van der Waals surface area contributed by atoms with Crippen LogP contribution in [0.4, 0.5) is 0 Å². The molecule has 1 aromatic carbocycles. The third kappa shape index (κ3) is 2.65. The van der Waals surface area contributed by atoms with Crippen LogP contribution in [-0.4, -0.2) is 26.1 Å². The number of furan rings is 1. The Morgan fingerprint density at radius 2 is 2.10 bits per heavy atom. The molecule has 0 aliphatic heterocycles. The lowest BCUT2D eigenvalue weighted by molar-refractivity contribution is 0.0656. The molecule has 0 saturated heterocycles. The second-order valence-corrected chi connectivity index (χ2v) is 5.06. The highest BCUT2D eigenvalue weighted by molar-refractivity contribution is 7.98. The molecule has 0 aliphatic rings. The van der Waals surface area contributed by atoms with Crippen LogP contribution in [0, 0.1) is 0 Å². The van der Waals surface area contributed by atoms with Crippen molar-refractivity contribution < 1.29 is 14.3 Å². The number of fused-ring (bicyclic) bond motifs is 1. The summed E-state index contributed by atoms with van der Waals surface area (Å²) in [6.07, 6.45) is 0. The van der Waals surface area contributed by atoms with Gasteiger partial charge in [0, 0.05) is 0 Å². The normalized spacial score (nSPS) is 10.9. The van der Waals surface area contributed by atoms with Gasteiger partial charge in [-0.05, 0) is 24.3 Å². The average Bonchev–Trinajstić information content (AvgIpc) is 2.96. The number of carboxylic acids is 1. The fraction of sp³-hybridized carbons (Fsp3) is 0.0769. The first kappa shape index (κ1) is 13.4.